The van der Waals surface area contributed by atoms with Gasteiger partial charge in [-0.05, 0) is 66.4 Å². The molecule has 180 valence electrons. The molecule has 0 amide bonds. The Balaban J connectivity index is 1.38. The molecule has 3 heteroatoms. The van der Waals surface area contributed by atoms with Gasteiger partial charge in [-0.3, -0.25) is 0 Å². The largest absolute Gasteiger partial charge is 0.456 e. The van der Waals surface area contributed by atoms with Crippen molar-refractivity contribution in [2.24, 2.45) is 7.05 Å². The van der Waals surface area contributed by atoms with Crippen molar-refractivity contribution < 1.29 is 8.98 Å². The summed E-state index contributed by atoms with van der Waals surface area (Å²) in [5.74, 6) is 0. The number of fused-ring (bicyclic) bond motifs is 7. The molecule has 0 unspecified atom stereocenters. The minimum atomic E-state index is 0.928. The van der Waals surface area contributed by atoms with E-state index in [0.717, 1.165) is 21.9 Å². The molecule has 8 aromatic rings. The zero-order chi connectivity index (χ0) is 25.4. The van der Waals surface area contributed by atoms with Gasteiger partial charge in [0, 0.05) is 33.3 Å². The van der Waals surface area contributed by atoms with Crippen LogP contribution in [-0.4, -0.2) is 4.57 Å². The summed E-state index contributed by atoms with van der Waals surface area (Å²) in [4.78, 5) is 0. The van der Waals surface area contributed by atoms with Crippen molar-refractivity contribution >= 4 is 54.5 Å². The van der Waals surface area contributed by atoms with E-state index in [9.17, 15) is 0 Å². The monoisotopic (exact) mass is 489 g/mol. The molecule has 0 spiro atoms. The molecule has 0 fully saturated rings. The predicted octanol–water partition coefficient (Wildman–Crippen LogP) is 8.64. The maximum Gasteiger partial charge on any atom is 0.220 e. The van der Waals surface area contributed by atoms with E-state index in [0.29, 0.717) is 0 Å². The summed E-state index contributed by atoms with van der Waals surface area (Å²) in [5, 5.41) is 7.31. The summed E-state index contributed by atoms with van der Waals surface area (Å²) >= 11 is 0. The number of hydrogen-bond acceptors (Lipinski definition) is 1. The smallest absolute Gasteiger partial charge is 0.220 e. The summed E-state index contributed by atoms with van der Waals surface area (Å²) in [5.41, 5.74) is 9.11. The summed E-state index contributed by atoms with van der Waals surface area (Å²) in [6, 6.07) is 39.2. The number of aromatic nitrogens is 2. The van der Waals surface area contributed by atoms with Gasteiger partial charge in [0.25, 0.3) is 0 Å². The molecule has 3 aromatic heterocycles. The maximum atomic E-state index is 6.16. The van der Waals surface area contributed by atoms with E-state index >= 15 is 0 Å². The van der Waals surface area contributed by atoms with Crippen molar-refractivity contribution in [1.29, 1.82) is 0 Å². The maximum absolute atomic E-state index is 6.16. The molecule has 0 saturated heterocycles. The summed E-state index contributed by atoms with van der Waals surface area (Å²) in [6.45, 7) is 2.17. The predicted molar refractivity (Wildman–Crippen MR) is 157 cm³/mol. The van der Waals surface area contributed by atoms with Crippen LogP contribution in [0.15, 0.2) is 120 Å². The van der Waals surface area contributed by atoms with Gasteiger partial charge in [-0.15, -0.1) is 0 Å². The van der Waals surface area contributed by atoms with Crippen LogP contribution >= 0.6 is 0 Å². The number of aryl methyl sites for hydroxylation is 2. The third-order valence-electron chi connectivity index (χ3n) is 7.94. The van der Waals surface area contributed by atoms with E-state index in [1.807, 2.05) is 12.1 Å². The summed E-state index contributed by atoms with van der Waals surface area (Å²) in [7, 11) is 2.13. The number of pyridine rings is 1. The molecule has 3 nitrogen and oxygen atoms in total. The SMILES string of the molecule is Cc1cc2oc3ccccc3c2cc1-c1c2ccc(-n3c4ccccc4c4ccccc43)cc2cc[n+]1C. The molecule has 38 heavy (non-hydrogen) atoms. The van der Waals surface area contributed by atoms with Gasteiger partial charge in [-0.2, -0.15) is 0 Å². The van der Waals surface area contributed by atoms with Crippen molar-refractivity contribution in [3.63, 3.8) is 0 Å². The van der Waals surface area contributed by atoms with Gasteiger partial charge in [0.2, 0.25) is 5.69 Å². The van der Waals surface area contributed by atoms with Crippen LogP contribution in [0.25, 0.3) is 71.5 Å². The van der Waals surface area contributed by atoms with Crippen molar-refractivity contribution in [1.82, 2.24) is 4.57 Å². The standard InChI is InChI=1S/C35H25N2O/c1-22-19-34-30(28-11-5-8-14-33(28)38-34)21-29(22)35-25-16-15-24(20-23(25)17-18-36(35)2)37-31-12-6-3-9-26(31)27-10-4-7-13-32(27)37/h3-21H,1-2H3/q+1. The fourth-order valence-corrected chi connectivity index (χ4v) is 6.16. The zero-order valence-electron chi connectivity index (χ0n) is 21.3. The number of nitrogens with zero attached hydrogens (tertiary/aromatic N) is 2. The fourth-order valence-electron chi connectivity index (χ4n) is 6.16. The van der Waals surface area contributed by atoms with Crippen molar-refractivity contribution in [3.05, 3.63) is 121 Å². The van der Waals surface area contributed by atoms with E-state index in [1.165, 1.54) is 55.1 Å². The Morgan fingerprint density at radius 2 is 1.29 bits per heavy atom. The van der Waals surface area contributed by atoms with E-state index < -0.39 is 0 Å². The van der Waals surface area contributed by atoms with Gasteiger partial charge in [0.1, 0.15) is 18.2 Å². The van der Waals surface area contributed by atoms with Crippen LogP contribution in [0.5, 0.6) is 0 Å². The molecule has 0 aliphatic carbocycles. The highest BCUT2D eigenvalue weighted by Crippen LogP contribution is 2.37. The highest BCUT2D eigenvalue weighted by atomic mass is 16.3. The first-order valence-corrected chi connectivity index (χ1v) is 13.0. The van der Waals surface area contributed by atoms with E-state index in [2.05, 4.69) is 126 Å². The van der Waals surface area contributed by atoms with Gasteiger partial charge in [-0.25, -0.2) is 4.57 Å². The van der Waals surface area contributed by atoms with Crippen LogP contribution in [0.2, 0.25) is 0 Å². The molecule has 5 aromatic carbocycles. The van der Waals surface area contributed by atoms with Crippen LogP contribution in [0, 0.1) is 6.92 Å². The second-order valence-corrected chi connectivity index (χ2v) is 10.2. The van der Waals surface area contributed by atoms with Gasteiger partial charge in [0.05, 0.1) is 22.0 Å². The third-order valence-corrected chi connectivity index (χ3v) is 7.94. The molecule has 8 rings (SSSR count). The first-order chi connectivity index (χ1) is 18.7. The molecular formula is C35H25N2O+. The van der Waals surface area contributed by atoms with Crippen LogP contribution in [0.1, 0.15) is 5.56 Å². The van der Waals surface area contributed by atoms with Crippen LogP contribution in [-0.2, 0) is 7.05 Å². The normalized spacial score (nSPS) is 11.9. The number of furan rings is 1. The Kier molecular flexibility index (Phi) is 4.36. The number of rotatable bonds is 2. The lowest BCUT2D eigenvalue weighted by Gasteiger charge is -2.12. The molecule has 3 heterocycles. The second kappa shape index (κ2) is 7.80. The minimum absolute atomic E-state index is 0.928. The first-order valence-electron chi connectivity index (χ1n) is 13.0. The van der Waals surface area contributed by atoms with Crippen LogP contribution in [0.4, 0.5) is 0 Å². The van der Waals surface area contributed by atoms with Gasteiger partial charge < -0.3 is 8.98 Å². The average molecular weight is 490 g/mol. The van der Waals surface area contributed by atoms with Crippen molar-refractivity contribution in [3.8, 4) is 16.9 Å². The molecular weight excluding hydrogens is 464 g/mol. The highest BCUT2D eigenvalue weighted by molar-refractivity contribution is 6.10. The lowest BCUT2D eigenvalue weighted by molar-refractivity contribution is -0.659. The molecule has 0 radical (unpaired) electrons. The lowest BCUT2D eigenvalue weighted by Crippen LogP contribution is -2.30. The minimum Gasteiger partial charge on any atom is -0.456 e. The highest BCUT2D eigenvalue weighted by Gasteiger charge is 2.20. The van der Waals surface area contributed by atoms with Gasteiger partial charge in [-0.1, -0.05) is 54.6 Å². The van der Waals surface area contributed by atoms with E-state index in [4.69, 9.17) is 4.42 Å². The van der Waals surface area contributed by atoms with Crippen molar-refractivity contribution in [2.75, 3.05) is 0 Å². The third kappa shape index (κ3) is 2.93. The topological polar surface area (TPSA) is 21.9 Å². The lowest BCUT2D eigenvalue weighted by atomic mass is 9.97. The average Bonchev–Trinajstić information content (AvgIpc) is 3.48. The van der Waals surface area contributed by atoms with E-state index in [-0.39, 0.29) is 0 Å². The summed E-state index contributed by atoms with van der Waals surface area (Å²) in [6.07, 6.45) is 2.17. The zero-order valence-corrected chi connectivity index (χ0v) is 21.3. The Bertz CT molecular complexity index is 2160. The molecule has 0 N–H and O–H groups in total. The first kappa shape index (κ1) is 21.2. The van der Waals surface area contributed by atoms with Gasteiger partial charge >= 0.3 is 0 Å². The molecule has 0 atom stereocenters. The second-order valence-electron chi connectivity index (χ2n) is 10.2. The molecule has 0 bridgehead atoms. The summed E-state index contributed by atoms with van der Waals surface area (Å²) < 4.78 is 10.8. The van der Waals surface area contributed by atoms with Crippen LogP contribution < -0.4 is 4.57 Å². The van der Waals surface area contributed by atoms with Crippen LogP contribution in [0.3, 0.4) is 0 Å². The Morgan fingerprint density at radius 3 is 2.05 bits per heavy atom. The fraction of sp³-hybridized carbons (Fsp3) is 0.0571. The molecule has 0 aliphatic rings. The molecule has 0 saturated carbocycles. The number of hydrogen-bond donors (Lipinski definition) is 0. The number of para-hydroxylation sites is 3. The van der Waals surface area contributed by atoms with Gasteiger partial charge in [0.15, 0.2) is 6.20 Å². The number of benzene rings is 5. The van der Waals surface area contributed by atoms with Crippen molar-refractivity contribution in [2.45, 2.75) is 6.92 Å². The quantitative estimate of drug-likeness (QED) is 0.223. The Labute approximate surface area is 219 Å². The van der Waals surface area contributed by atoms with E-state index in [1.54, 1.807) is 0 Å². The molecule has 0 aliphatic heterocycles. The Morgan fingerprint density at radius 1 is 0.605 bits per heavy atom. The Hall–Kier alpha value is -4.89.